The Balaban J connectivity index is 1.78. The van der Waals surface area contributed by atoms with Crippen molar-refractivity contribution < 1.29 is 4.42 Å². The molecule has 0 spiro atoms. The fraction of sp³-hybridized carbons (Fsp3) is 0. The molecule has 3 heteroatoms. The fourth-order valence-electron chi connectivity index (χ4n) is 4.09. The fourth-order valence-corrected chi connectivity index (χ4v) is 4.31. The maximum atomic E-state index is 6.51. The highest BCUT2D eigenvalue weighted by atomic mass is 35.5. The van der Waals surface area contributed by atoms with Gasteiger partial charge in [-0.15, -0.1) is 0 Å². The number of aromatic amines is 1. The van der Waals surface area contributed by atoms with Crippen LogP contribution in [-0.4, -0.2) is 4.98 Å². The SMILES string of the molecule is Clc1cc(-c2cccc3c2[nH]c2ccccc23)c2oc3ccccc3c2c1. The van der Waals surface area contributed by atoms with Gasteiger partial charge in [-0.05, 0) is 24.3 Å². The van der Waals surface area contributed by atoms with Gasteiger partial charge in [0.15, 0.2) is 0 Å². The molecule has 0 saturated carbocycles. The maximum absolute atomic E-state index is 6.51. The Morgan fingerprint density at radius 2 is 1.44 bits per heavy atom. The number of rotatable bonds is 1. The lowest BCUT2D eigenvalue weighted by molar-refractivity contribution is 0.670. The molecule has 0 saturated heterocycles. The number of furan rings is 1. The van der Waals surface area contributed by atoms with Crippen LogP contribution in [0.2, 0.25) is 5.02 Å². The summed E-state index contributed by atoms with van der Waals surface area (Å²) < 4.78 is 6.24. The van der Waals surface area contributed by atoms with Gasteiger partial charge in [0.05, 0.1) is 5.52 Å². The van der Waals surface area contributed by atoms with Crippen LogP contribution in [-0.2, 0) is 0 Å². The molecule has 2 heterocycles. The number of H-pyrrole nitrogens is 1. The minimum Gasteiger partial charge on any atom is -0.455 e. The van der Waals surface area contributed by atoms with Crippen LogP contribution < -0.4 is 0 Å². The summed E-state index contributed by atoms with van der Waals surface area (Å²) in [5.74, 6) is 0. The van der Waals surface area contributed by atoms with Gasteiger partial charge >= 0.3 is 0 Å². The Morgan fingerprint density at radius 3 is 2.37 bits per heavy atom. The number of aromatic nitrogens is 1. The van der Waals surface area contributed by atoms with Crippen molar-refractivity contribution in [3.8, 4) is 11.1 Å². The van der Waals surface area contributed by atoms with Crippen LogP contribution in [0.5, 0.6) is 0 Å². The van der Waals surface area contributed by atoms with Crippen LogP contribution in [0.1, 0.15) is 0 Å². The molecule has 0 unspecified atom stereocenters. The predicted octanol–water partition coefficient (Wildman–Crippen LogP) is 7.54. The van der Waals surface area contributed by atoms with Crippen LogP contribution in [0.3, 0.4) is 0 Å². The summed E-state index contributed by atoms with van der Waals surface area (Å²) in [5, 5.41) is 5.25. The minimum atomic E-state index is 0.706. The number of benzene rings is 4. The summed E-state index contributed by atoms with van der Waals surface area (Å²) in [6.07, 6.45) is 0. The lowest BCUT2D eigenvalue weighted by Crippen LogP contribution is -1.82. The Morgan fingerprint density at radius 1 is 0.667 bits per heavy atom. The molecule has 2 aromatic heterocycles. The number of halogens is 1. The summed E-state index contributed by atoms with van der Waals surface area (Å²) in [6.45, 7) is 0. The van der Waals surface area contributed by atoms with E-state index in [2.05, 4.69) is 47.4 Å². The highest BCUT2D eigenvalue weighted by Crippen LogP contribution is 2.41. The number of hydrogen-bond acceptors (Lipinski definition) is 1. The van der Waals surface area contributed by atoms with Gasteiger partial charge in [-0.2, -0.15) is 0 Å². The first kappa shape index (κ1) is 14.9. The Labute approximate surface area is 160 Å². The van der Waals surface area contributed by atoms with E-state index in [-0.39, 0.29) is 0 Å². The van der Waals surface area contributed by atoms with E-state index < -0.39 is 0 Å². The van der Waals surface area contributed by atoms with Crippen molar-refractivity contribution in [1.82, 2.24) is 4.98 Å². The van der Waals surface area contributed by atoms with E-state index in [1.165, 1.54) is 10.8 Å². The standard InChI is InChI=1S/C24H14ClNO/c25-14-12-19-16-7-2-4-11-22(16)27-24(19)20(13-14)18-9-5-8-17-15-6-1-3-10-21(15)26-23(17)18/h1-13,26H. The van der Waals surface area contributed by atoms with Gasteiger partial charge in [0.2, 0.25) is 0 Å². The predicted molar refractivity (Wildman–Crippen MR) is 114 cm³/mol. The number of hydrogen-bond donors (Lipinski definition) is 1. The lowest BCUT2D eigenvalue weighted by Gasteiger charge is -2.06. The number of para-hydroxylation sites is 3. The summed E-state index contributed by atoms with van der Waals surface area (Å²) in [7, 11) is 0. The van der Waals surface area contributed by atoms with Crippen molar-refractivity contribution in [3.63, 3.8) is 0 Å². The minimum absolute atomic E-state index is 0.706. The van der Waals surface area contributed by atoms with Crippen LogP contribution in [0.15, 0.2) is 83.3 Å². The first-order valence-electron chi connectivity index (χ1n) is 8.90. The summed E-state index contributed by atoms with van der Waals surface area (Å²) >= 11 is 6.51. The molecule has 6 rings (SSSR count). The molecular formula is C24H14ClNO. The molecule has 0 radical (unpaired) electrons. The number of nitrogens with one attached hydrogen (secondary N) is 1. The van der Waals surface area contributed by atoms with Gasteiger partial charge in [0.25, 0.3) is 0 Å². The van der Waals surface area contributed by atoms with Crippen LogP contribution in [0, 0.1) is 0 Å². The molecule has 2 nitrogen and oxygen atoms in total. The molecule has 27 heavy (non-hydrogen) atoms. The molecule has 0 bridgehead atoms. The molecule has 0 aliphatic heterocycles. The maximum Gasteiger partial charge on any atom is 0.143 e. The van der Waals surface area contributed by atoms with E-state index in [1.54, 1.807) is 0 Å². The molecule has 128 valence electrons. The third-order valence-corrected chi connectivity index (χ3v) is 5.49. The molecule has 0 aliphatic carbocycles. The number of fused-ring (bicyclic) bond motifs is 6. The van der Waals surface area contributed by atoms with E-state index in [9.17, 15) is 0 Å². The van der Waals surface area contributed by atoms with Crippen LogP contribution in [0.25, 0.3) is 54.9 Å². The molecule has 0 amide bonds. The molecule has 1 N–H and O–H groups in total. The molecular weight excluding hydrogens is 354 g/mol. The van der Waals surface area contributed by atoms with E-state index in [4.69, 9.17) is 16.0 Å². The highest BCUT2D eigenvalue weighted by Gasteiger charge is 2.16. The third-order valence-electron chi connectivity index (χ3n) is 5.27. The first-order valence-corrected chi connectivity index (χ1v) is 9.28. The van der Waals surface area contributed by atoms with Crippen LogP contribution in [0.4, 0.5) is 0 Å². The molecule has 0 atom stereocenters. The van der Waals surface area contributed by atoms with Crippen molar-refractivity contribution in [3.05, 3.63) is 83.9 Å². The summed E-state index contributed by atoms with van der Waals surface area (Å²) in [6, 6.07) is 26.8. The third kappa shape index (κ3) is 2.08. The second kappa shape index (κ2) is 5.38. The van der Waals surface area contributed by atoms with Gasteiger partial charge in [-0.3, -0.25) is 0 Å². The van der Waals surface area contributed by atoms with Gasteiger partial charge in [-0.1, -0.05) is 66.2 Å². The Kier molecular flexibility index (Phi) is 2.97. The van der Waals surface area contributed by atoms with Crippen molar-refractivity contribution in [2.45, 2.75) is 0 Å². The van der Waals surface area contributed by atoms with Gasteiger partial charge in [-0.25, -0.2) is 0 Å². The topological polar surface area (TPSA) is 28.9 Å². The first-order chi connectivity index (χ1) is 13.3. The van der Waals surface area contributed by atoms with Gasteiger partial charge in [0.1, 0.15) is 11.2 Å². The smallest absolute Gasteiger partial charge is 0.143 e. The molecule has 0 aliphatic rings. The van der Waals surface area contributed by atoms with Crippen molar-refractivity contribution in [2.24, 2.45) is 0 Å². The van der Waals surface area contributed by atoms with E-state index in [0.717, 1.165) is 44.1 Å². The van der Waals surface area contributed by atoms with E-state index in [1.807, 2.05) is 36.4 Å². The summed E-state index contributed by atoms with van der Waals surface area (Å²) in [5.41, 5.74) is 6.07. The second-order valence-electron chi connectivity index (χ2n) is 6.83. The van der Waals surface area contributed by atoms with Crippen LogP contribution >= 0.6 is 11.6 Å². The van der Waals surface area contributed by atoms with Gasteiger partial charge in [0, 0.05) is 43.2 Å². The van der Waals surface area contributed by atoms with Crippen molar-refractivity contribution in [2.75, 3.05) is 0 Å². The average molecular weight is 368 g/mol. The Hall–Kier alpha value is -3.23. The van der Waals surface area contributed by atoms with Crippen molar-refractivity contribution >= 4 is 55.3 Å². The molecule has 0 fully saturated rings. The zero-order chi connectivity index (χ0) is 18.0. The zero-order valence-electron chi connectivity index (χ0n) is 14.3. The largest absolute Gasteiger partial charge is 0.455 e. The average Bonchev–Trinajstić information content (AvgIpc) is 3.26. The normalized spacial score (nSPS) is 11.9. The highest BCUT2D eigenvalue weighted by molar-refractivity contribution is 6.32. The lowest BCUT2D eigenvalue weighted by atomic mass is 9.99. The second-order valence-corrected chi connectivity index (χ2v) is 7.26. The van der Waals surface area contributed by atoms with Crippen molar-refractivity contribution in [1.29, 1.82) is 0 Å². The van der Waals surface area contributed by atoms with E-state index in [0.29, 0.717) is 5.02 Å². The molecule has 4 aromatic carbocycles. The monoisotopic (exact) mass is 367 g/mol. The molecule has 6 aromatic rings. The quantitative estimate of drug-likeness (QED) is 0.319. The zero-order valence-corrected chi connectivity index (χ0v) is 15.0. The van der Waals surface area contributed by atoms with Gasteiger partial charge < -0.3 is 9.40 Å². The van der Waals surface area contributed by atoms with E-state index >= 15 is 0 Å². The Bertz CT molecular complexity index is 1490. The summed E-state index contributed by atoms with van der Waals surface area (Å²) in [4.78, 5) is 3.58.